The van der Waals surface area contributed by atoms with Crippen molar-refractivity contribution < 1.29 is 0 Å². The Hall–Kier alpha value is -1.09. The van der Waals surface area contributed by atoms with E-state index in [2.05, 4.69) is 26.1 Å². The van der Waals surface area contributed by atoms with E-state index in [9.17, 15) is 4.79 Å². The van der Waals surface area contributed by atoms with E-state index in [4.69, 9.17) is 0 Å². The fourth-order valence-electron chi connectivity index (χ4n) is 1.47. The van der Waals surface area contributed by atoms with E-state index < -0.39 is 0 Å². The minimum Gasteiger partial charge on any atom is -0.314 e. The number of nitrogens with one attached hydrogen (secondary N) is 1. The number of hydrogen-bond donors (Lipinski definition) is 1. The van der Waals surface area contributed by atoms with Gasteiger partial charge in [0.25, 0.3) is 5.56 Å². The van der Waals surface area contributed by atoms with Gasteiger partial charge in [-0.3, -0.25) is 4.79 Å². The summed E-state index contributed by atoms with van der Waals surface area (Å²) in [5, 5.41) is 3.44. The molecule has 0 aliphatic rings. The highest BCUT2D eigenvalue weighted by molar-refractivity contribution is 5.07. The van der Waals surface area contributed by atoms with Crippen molar-refractivity contribution in [1.82, 2.24) is 9.88 Å². The Bertz CT molecular complexity index is 393. The molecule has 0 fully saturated rings. The van der Waals surface area contributed by atoms with Crippen LogP contribution in [0, 0.1) is 6.92 Å². The van der Waals surface area contributed by atoms with Crippen LogP contribution in [0.1, 0.15) is 32.8 Å². The normalized spacial score (nSPS) is 11.8. The first-order valence-corrected chi connectivity index (χ1v) is 5.87. The third-order valence-corrected chi connectivity index (χ3v) is 3.05. The molecule has 1 rings (SSSR count). The second-order valence-electron chi connectivity index (χ2n) is 4.85. The minimum atomic E-state index is 0.110. The molecule has 0 radical (unpaired) electrons. The Kier molecular flexibility index (Phi) is 4.30. The number of aromatic nitrogens is 1. The molecular formula is C13H22N2O. The Labute approximate surface area is 97.5 Å². The molecule has 0 saturated heterocycles. The summed E-state index contributed by atoms with van der Waals surface area (Å²) in [5.41, 5.74) is 1.06. The highest BCUT2D eigenvalue weighted by Crippen LogP contribution is 2.05. The Morgan fingerprint density at radius 3 is 2.75 bits per heavy atom. The van der Waals surface area contributed by atoms with Crippen molar-refractivity contribution in [2.45, 2.75) is 46.2 Å². The van der Waals surface area contributed by atoms with E-state index in [-0.39, 0.29) is 11.1 Å². The van der Waals surface area contributed by atoms with Gasteiger partial charge < -0.3 is 9.88 Å². The van der Waals surface area contributed by atoms with Crippen LogP contribution in [0.3, 0.4) is 0 Å². The summed E-state index contributed by atoms with van der Waals surface area (Å²) in [6, 6.07) is 3.77. The SMILES string of the molecule is CCC(C)(C)NCCn1cccc(C)c1=O. The highest BCUT2D eigenvalue weighted by Gasteiger charge is 2.12. The molecule has 3 heteroatoms. The molecule has 0 atom stereocenters. The first-order valence-electron chi connectivity index (χ1n) is 5.87. The van der Waals surface area contributed by atoms with Gasteiger partial charge in [0.15, 0.2) is 0 Å². The van der Waals surface area contributed by atoms with Gasteiger partial charge in [-0.05, 0) is 33.3 Å². The van der Waals surface area contributed by atoms with Gasteiger partial charge in [-0.15, -0.1) is 0 Å². The zero-order chi connectivity index (χ0) is 12.2. The zero-order valence-electron chi connectivity index (χ0n) is 10.7. The average Bonchev–Trinajstić information content (AvgIpc) is 2.24. The van der Waals surface area contributed by atoms with Crippen molar-refractivity contribution in [1.29, 1.82) is 0 Å². The maximum absolute atomic E-state index is 11.7. The smallest absolute Gasteiger partial charge is 0.253 e. The molecule has 0 amide bonds. The van der Waals surface area contributed by atoms with Crippen LogP contribution in [0.15, 0.2) is 23.1 Å². The molecule has 0 unspecified atom stereocenters. The van der Waals surface area contributed by atoms with Crippen molar-refractivity contribution >= 4 is 0 Å². The molecule has 0 aliphatic carbocycles. The lowest BCUT2D eigenvalue weighted by molar-refractivity contribution is 0.366. The Morgan fingerprint density at radius 1 is 1.44 bits per heavy atom. The van der Waals surface area contributed by atoms with Gasteiger partial charge in [-0.1, -0.05) is 13.0 Å². The van der Waals surface area contributed by atoms with E-state index in [1.807, 2.05) is 25.3 Å². The van der Waals surface area contributed by atoms with Crippen molar-refractivity contribution in [2.24, 2.45) is 0 Å². The predicted octanol–water partition coefficient (Wildman–Crippen LogP) is 1.93. The third kappa shape index (κ3) is 3.49. The van der Waals surface area contributed by atoms with Gasteiger partial charge in [-0.25, -0.2) is 0 Å². The molecule has 0 aliphatic heterocycles. The lowest BCUT2D eigenvalue weighted by atomic mass is 10.0. The first kappa shape index (κ1) is 13.0. The molecule has 0 aromatic carbocycles. The standard InChI is InChI=1S/C13H22N2O/c1-5-13(3,4)14-8-10-15-9-6-7-11(2)12(15)16/h6-7,9,14H,5,8,10H2,1-4H3. The average molecular weight is 222 g/mol. The van der Waals surface area contributed by atoms with Crippen molar-refractivity contribution in [3.8, 4) is 0 Å². The molecule has 1 aromatic heterocycles. The summed E-state index contributed by atoms with van der Waals surface area (Å²) in [6.07, 6.45) is 2.92. The molecule has 16 heavy (non-hydrogen) atoms. The fraction of sp³-hybridized carbons (Fsp3) is 0.615. The van der Waals surface area contributed by atoms with Crippen LogP contribution < -0.4 is 10.9 Å². The molecular weight excluding hydrogens is 200 g/mol. The minimum absolute atomic E-state index is 0.110. The van der Waals surface area contributed by atoms with Gasteiger partial charge in [0, 0.05) is 30.4 Å². The summed E-state index contributed by atoms with van der Waals surface area (Å²) in [4.78, 5) is 11.7. The number of hydrogen-bond acceptors (Lipinski definition) is 2. The molecule has 0 bridgehead atoms. The second kappa shape index (κ2) is 5.30. The third-order valence-electron chi connectivity index (χ3n) is 3.05. The number of aryl methyl sites for hydroxylation is 1. The summed E-state index contributed by atoms with van der Waals surface area (Å²) < 4.78 is 1.76. The van der Waals surface area contributed by atoms with E-state index in [1.165, 1.54) is 0 Å². The van der Waals surface area contributed by atoms with Gasteiger partial charge >= 0.3 is 0 Å². The van der Waals surface area contributed by atoms with Crippen LogP contribution in [-0.4, -0.2) is 16.7 Å². The van der Waals surface area contributed by atoms with E-state index in [0.29, 0.717) is 0 Å². The fourth-order valence-corrected chi connectivity index (χ4v) is 1.47. The summed E-state index contributed by atoms with van der Waals surface area (Å²) >= 11 is 0. The number of rotatable bonds is 5. The van der Waals surface area contributed by atoms with Gasteiger partial charge in [0.2, 0.25) is 0 Å². The second-order valence-corrected chi connectivity index (χ2v) is 4.85. The highest BCUT2D eigenvalue weighted by atomic mass is 16.1. The molecule has 90 valence electrons. The lowest BCUT2D eigenvalue weighted by Gasteiger charge is -2.24. The molecule has 0 saturated carbocycles. The van der Waals surface area contributed by atoms with E-state index in [1.54, 1.807) is 4.57 Å². The lowest BCUT2D eigenvalue weighted by Crippen LogP contribution is -2.41. The maximum atomic E-state index is 11.7. The molecule has 1 N–H and O–H groups in total. The monoisotopic (exact) mass is 222 g/mol. The van der Waals surface area contributed by atoms with Crippen molar-refractivity contribution in [2.75, 3.05) is 6.54 Å². The predicted molar refractivity (Wildman–Crippen MR) is 67.8 cm³/mol. The molecule has 3 nitrogen and oxygen atoms in total. The largest absolute Gasteiger partial charge is 0.314 e. The van der Waals surface area contributed by atoms with Crippen molar-refractivity contribution in [3.05, 3.63) is 34.2 Å². The van der Waals surface area contributed by atoms with E-state index >= 15 is 0 Å². The van der Waals surface area contributed by atoms with Gasteiger partial charge in [0.1, 0.15) is 0 Å². The quantitative estimate of drug-likeness (QED) is 0.826. The summed E-state index contributed by atoms with van der Waals surface area (Å²) in [7, 11) is 0. The molecule has 0 spiro atoms. The number of pyridine rings is 1. The van der Waals surface area contributed by atoms with Crippen LogP contribution in [0.5, 0.6) is 0 Å². The van der Waals surface area contributed by atoms with E-state index in [0.717, 1.165) is 25.1 Å². The zero-order valence-corrected chi connectivity index (χ0v) is 10.7. The van der Waals surface area contributed by atoms with Crippen LogP contribution in [0.4, 0.5) is 0 Å². The van der Waals surface area contributed by atoms with Crippen LogP contribution in [-0.2, 0) is 6.54 Å². The molecule has 1 aromatic rings. The summed E-state index contributed by atoms with van der Waals surface area (Å²) in [6.45, 7) is 9.90. The van der Waals surface area contributed by atoms with Crippen LogP contribution in [0.25, 0.3) is 0 Å². The Balaban J connectivity index is 2.56. The topological polar surface area (TPSA) is 34.0 Å². The Morgan fingerprint density at radius 2 is 2.12 bits per heavy atom. The molecule has 1 heterocycles. The van der Waals surface area contributed by atoms with Crippen LogP contribution >= 0.6 is 0 Å². The maximum Gasteiger partial charge on any atom is 0.253 e. The summed E-state index contributed by atoms with van der Waals surface area (Å²) in [5.74, 6) is 0. The van der Waals surface area contributed by atoms with Gasteiger partial charge in [0.05, 0.1) is 0 Å². The van der Waals surface area contributed by atoms with Crippen LogP contribution in [0.2, 0.25) is 0 Å². The van der Waals surface area contributed by atoms with Crippen molar-refractivity contribution in [3.63, 3.8) is 0 Å². The van der Waals surface area contributed by atoms with Gasteiger partial charge in [-0.2, -0.15) is 0 Å². The number of nitrogens with zero attached hydrogens (tertiary/aromatic N) is 1. The first-order chi connectivity index (χ1) is 7.46.